The number of benzene rings is 1. The van der Waals surface area contributed by atoms with Crippen LogP contribution in [0.25, 0.3) is 11.0 Å². The van der Waals surface area contributed by atoms with Crippen LogP contribution in [0.15, 0.2) is 35.5 Å². The van der Waals surface area contributed by atoms with Crippen molar-refractivity contribution in [1.29, 1.82) is 0 Å². The quantitative estimate of drug-likeness (QED) is 0.540. The fourth-order valence-electron chi connectivity index (χ4n) is 4.03. The molecule has 3 aromatic rings. The minimum atomic E-state index is -4.03. The van der Waals surface area contributed by atoms with Crippen molar-refractivity contribution in [2.24, 2.45) is 5.92 Å². The van der Waals surface area contributed by atoms with Crippen molar-refractivity contribution in [2.75, 3.05) is 13.2 Å². The highest BCUT2D eigenvalue weighted by Crippen LogP contribution is 2.32. The number of aromatic nitrogens is 4. The van der Waals surface area contributed by atoms with E-state index in [1.54, 1.807) is 12.1 Å². The van der Waals surface area contributed by atoms with Gasteiger partial charge in [-0.15, -0.1) is 0 Å². The molecular formula is C22H29N4O5S+. The number of carbonyl (C=O) groups is 1. The highest BCUT2D eigenvalue weighted by Gasteiger charge is 2.29. The number of ether oxygens (including phenoxy) is 1. The fraction of sp³-hybridized carbons (Fsp3) is 0.500. The molecule has 4 rings (SSSR count). The fourth-order valence-corrected chi connectivity index (χ4v) is 5.17. The maximum absolute atomic E-state index is 13.0. The molecule has 9 nitrogen and oxygen atoms in total. The molecule has 0 radical (unpaired) electrons. The van der Waals surface area contributed by atoms with Crippen molar-refractivity contribution in [3.63, 3.8) is 0 Å². The zero-order chi connectivity index (χ0) is 23.1. The van der Waals surface area contributed by atoms with Crippen LogP contribution in [0.5, 0.6) is 0 Å². The Labute approximate surface area is 187 Å². The third-order valence-electron chi connectivity index (χ3n) is 6.39. The molecule has 1 aliphatic rings. The number of imidazole rings is 1. The number of rotatable bonds is 7. The van der Waals surface area contributed by atoms with Gasteiger partial charge in [-0.25, -0.2) is 9.78 Å². The zero-order valence-corrected chi connectivity index (χ0v) is 19.3. The van der Waals surface area contributed by atoms with E-state index in [0.717, 1.165) is 62.8 Å². The minimum Gasteiger partial charge on any atom is -0.478 e. The van der Waals surface area contributed by atoms with E-state index in [9.17, 15) is 13.2 Å². The number of nitrogens with zero attached hydrogens (tertiary/aromatic N) is 4. The van der Waals surface area contributed by atoms with Crippen LogP contribution in [0.3, 0.4) is 0 Å². The van der Waals surface area contributed by atoms with Gasteiger partial charge in [0.05, 0.1) is 33.9 Å². The minimum absolute atomic E-state index is 0.0204. The molecule has 10 heteroatoms. The SMILES string of the molecule is CCC(C)(C)c1nc2cc(S(=O)(=O)n3cc(C(=O)O)cn3)ccc2n1CC1CC[OH+]CC1. The first-order chi connectivity index (χ1) is 15.1. The van der Waals surface area contributed by atoms with Crippen molar-refractivity contribution in [3.8, 4) is 0 Å². The van der Waals surface area contributed by atoms with E-state index in [4.69, 9.17) is 10.1 Å². The van der Waals surface area contributed by atoms with Crippen molar-refractivity contribution < 1.29 is 23.1 Å². The number of aliphatic hydroxyl groups is 2. The van der Waals surface area contributed by atoms with Gasteiger partial charge < -0.3 is 14.4 Å². The summed E-state index contributed by atoms with van der Waals surface area (Å²) in [5.41, 5.74) is 1.14. The molecule has 0 saturated carbocycles. The van der Waals surface area contributed by atoms with Crippen LogP contribution in [0.4, 0.5) is 0 Å². The molecule has 0 amide bonds. The molecule has 0 unspecified atom stereocenters. The van der Waals surface area contributed by atoms with Crippen LogP contribution in [-0.2, 0) is 22.0 Å². The summed E-state index contributed by atoms with van der Waals surface area (Å²) in [6.07, 6.45) is 5.01. The van der Waals surface area contributed by atoms with Crippen molar-refractivity contribution in [2.45, 2.75) is 56.9 Å². The van der Waals surface area contributed by atoms with Crippen LogP contribution in [0, 0.1) is 5.92 Å². The van der Waals surface area contributed by atoms with Gasteiger partial charge in [0.1, 0.15) is 19.0 Å². The molecule has 1 aromatic carbocycles. The molecule has 3 heterocycles. The highest BCUT2D eigenvalue weighted by atomic mass is 32.2. The summed E-state index contributed by atoms with van der Waals surface area (Å²) >= 11 is 0. The van der Waals surface area contributed by atoms with Crippen LogP contribution >= 0.6 is 0 Å². The van der Waals surface area contributed by atoms with Crippen LogP contribution in [-0.4, -0.2) is 56.2 Å². The lowest BCUT2D eigenvalue weighted by molar-refractivity contribution is -0.0811. The summed E-state index contributed by atoms with van der Waals surface area (Å²) in [6.45, 7) is 9.02. The maximum atomic E-state index is 13.0. The van der Waals surface area contributed by atoms with Gasteiger partial charge in [-0.05, 0) is 30.5 Å². The molecule has 32 heavy (non-hydrogen) atoms. The third-order valence-corrected chi connectivity index (χ3v) is 7.93. The molecule has 1 aliphatic heterocycles. The first kappa shape index (κ1) is 22.5. The summed E-state index contributed by atoms with van der Waals surface area (Å²) < 4.78 is 33.5. The molecule has 2 N–H and O–H groups in total. The second-order valence-electron chi connectivity index (χ2n) is 8.96. The predicted octanol–water partition coefficient (Wildman–Crippen LogP) is 2.79. The summed E-state index contributed by atoms with van der Waals surface area (Å²) in [7, 11) is -4.03. The lowest BCUT2D eigenvalue weighted by atomic mass is 9.89. The van der Waals surface area contributed by atoms with Crippen molar-refractivity contribution >= 4 is 27.0 Å². The van der Waals surface area contributed by atoms with Gasteiger partial charge in [0.15, 0.2) is 0 Å². The summed E-state index contributed by atoms with van der Waals surface area (Å²) in [5.74, 6) is 0.222. The molecule has 1 fully saturated rings. The van der Waals surface area contributed by atoms with E-state index >= 15 is 0 Å². The normalized spacial score (nSPS) is 16.0. The second kappa shape index (κ2) is 8.32. The van der Waals surface area contributed by atoms with Crippen LogP contribution in [0.2, 0.25) is 0 Å². The average Bonchev–Trinajstić information content (AvgIpc) is 3.41. The van der Waals surface area contributed by atoms with Gasteiger partial charge in [0, 0.05) is 24.8 Å². The van der Waals surface area contributed by atoms with E-state index < -0.39 is 16.0 Å². The molecule has 172 valence electrons. The van der Waals surface area contributed by atoms with Crippen molar-refractivity contribution in [1.82, 2.24) is 18.7 Å². The van der Waals surface area contributed by atoms with Gasteiger partial charge in [-0.2, -0.15) is 17.6 Å². The Morgan fingerprint density at radius 2 is 2.00 bits per heavy atom. The van der Waals surface area contributed by atoms with Crippen LogP contribution < -0.4 is 0 Å². The van der Waals surface area contributed by atoms with Crippen LogP contribution in [0.1, 0.15) is 56.2 Å². The Kier molecular flexibility index (Phi) is 5.85. The zero-order valence-electron chi connectivity index (χ0n) is 18.5. The smallest absolute Gasteiger partial charge is 0.338 e. The Morgan fingerprint density at radius 1 is 1.28 bits per heavy atom. The first-order valence-electron chi connectivity index (χ1n) is 10.8. The summed E-state index contributed by atoms with van der Waals surface area (Å²) in [5, 5.41) is 12.8. The molecule has 1 saturated heterocycles. The Morgan fingerprint density at radius 3 is 2.62 bits per heavy atom. The number of hydrogen-bond acceptors (Lipinski definition) is 5. The third kappa shape index (κ3) is 4.04. The maximum Gasteiger partial charge on any atom is 0.338 e. The van der Waals surface area contributed by atoms with Crippen molar-refractivity contribution in [3.05, 3.63) is 42.0 Å². The molecule has 0 aliphatic carbocycles. The lowest BCUT2D eigenvalue weighted by Crippen LogP contribution is -2.27. The number of fused-ring (bicyclic) bond motifs is 1. The molecule has 0 bridgehead atoms. The molecule has 0 atom stereocenters. The second-order valence-corrected chi connectivity index (χ2v) is 10.8. The molecule has 0 spiro atoms. The number of carboxylic acid groups (broad SMARTS) is 1. The highest BCUT2D eigenvalue weighted by molar-refractivity contribution is 7.89. The summed E-state index contributed by atoms with van der Waals surface area (Å²) in [6, 6.07) is 4.88. The average molecular weight is 462 g/mol. The number of carboxylic acids is 1. The van der Waals surface area contributed by atoms with Gasteiger partial charge in [0.2, 0.25) is 0 Å². The first-order valence-corrected chi connectivity index (χ1v) is 12.2. The monoisotopic (exact) mass is 461 g/mol. The van der Waals surface area contributed by atoms with E-state index in [0.29, 0.717) is 15.5 Å². The Bertz CT molecular complexity index is 1250. The Hall–Kier alpha value is -2.72. The Balaban J connectivity index is 1.79. The van der Waals surface area contributed by atoms with E-state index in [1.807, 2.05) is 0 Å². The molecule has 2 aromatic heterocycles. The number of aromatic carboxylic acids is 1. The van der Waals surface area contributed by atoms with Gasteiger partial charge in [-0.3, -0.25) is 0 Å². The van der Waals surface area contributed by atoms with Gasteiger partial charge >= 0.3 is 5.97 Å². The molecular weight excluding hydrogens is 432 g/mol. The van der Waals surface area contributed by atoms with Gasteiger partial charge in [-0.1, -0.05) is 20.8 Å². The summed E-state index contributed by atoms with van der Waals surface area (Å²) in [4.78, 5) is 16.0. The standard InChI is InChI=1S/C22H28N4O5S/c1-4-22(2,3)21-24-18-11-17(32(29,30)26-14-16(12-23-26)20(27)28)5-6-19(18)25(21)13-15-7-9-31-10-8-15/h5-6,11-12,14-15H,4,7-10,13H2,1-3H3,(H,27,28)/p+1. The lowest BCUT2D eigenvalue weighted by Gasteiger charge is -2.27. The van der Waals surface area contributed by atoms with Gasteiger partial charge in [0.25, 0.3) is 10.0 Å². The van der Waals surface area contributed by atoms with E-state index in [-0.39, 0.29) is 15.9 Å². The topological polar surface area (TPSA) is 120 Å². The largest absolute Gasteiger partial charge is 0.478 e. The predicted molar refractivity (Wildman–Crippen MR) is 119 cm³/mol. The van der Waals surface area contributed by atoms with E-state index in [1.165, 1.54) is 6.07 Å². The number of hydrogen-bond donors (Lipinski definition) is 1. The van der Waals surface area contributed by atoms with E-state index in [2.05, 4.69) is 35.2 Å².